The van der Waals surface area contributed by atoms with Gasteiger partial charge in [-0.2, -0.15) is 0 Å². The molecule has 1 saturated carbocycles. The van der Waals surface area contributed by atoms with E-state index in [1.807, 2.05) is 30.3 Å². The van der Waals surface area contributed by atoms with Gasteiger partial charge in [0.25, 0.3) is 0 Å². The minimum absolute atomic E-state index is 0.266. The maximum absolute atomic E-state index is 10.2. The van der Waals surface area contributed by atoms with Gasteiger partial charge < -0.3 is 15.6 Å². The predicted molar refractivity (Wildman–Crippen MR) is 86.1 cm³/mol. The van der Waals surface area contributed by atoms with E-state index >= 15 is 0 Å². The predicted octanol–water partition coefficient (Wildman–Crippen LogP) is 2.90. The number of hydrogen-bond donors (Lipinski definition) is 2. The SMILES string of the molecule is CCC1CCCC(OCC(O)C(N)Cc2ccccc2)C1. The molecule has 3 N–H and O–H groups in total. The first-order valence-electron chi connectivity index (χ1n) is 8.28. The summed E-state index contributed by atoms with van der Waals surface area (Å²) >= 11 is 0. The molecule has 118 valence electrons. The minimum atomic E-state index is -0.591. The fourth-order valence-electron chi connectivity index (χ4n) is 3.14. The highest BCUT2D eigenvalue weighted by atomic mass is 16.5. The van der Waals surface area contributed by atoms with Gasteiger partial charge in [-0.05, 0) is 30.7 Å². The lowest BCUT2D eigenvalue weighted by Gasteiger charge is -2.30. The van der Waals surface area contributed by atoms with Crippen molar-refractivity contribution in [2.75, 3.05) is 6.61 Å². The Bertz CT molecular complexity index is 395. The van der Waals surface area contributed by atoms with Gasteiger partial charge in [-0.15, -0.1) is 0 Å². The van der Waals surface area contributed by atoms with Crippen LogP contribution in [0.4, 0.5) is 0 Å². The fraction of sp³-hybridized carbons (Fsp3) is 0.667. The van der Waals surface area contributed by atoms with Crippen molar-refractivity contribution in [1.29, 1.82) is 0 Å². The van der Waals surface area contributed by atoms with E-state index in [0.29, 0.717) is 19.1 Å². The Morgan fingerprint density at radius 1 is 1.29 bits per heavy atom. The second-order valence-corrected chi connectivity index (χ2v) is 6.32. The van der Waals surface area contributed by atoms with Crippen LogP contribution in [-0.2, 0) is 11.2 Å². The maximum Gasteiger partial charge on any atom is 0.0927 e. The summed E-state index contributed by atoms with van der Waals surface area (Å²) in [7, 11) is 0. The molecule has 1 aliphatic rings. The van der Waals surface area contributed by atoms with Gasteiger partial charge in [-0.3, -0.25) is 0 Å². The number of ether oxygens (including phenoxy) is 1. The molecule has 0 radical (unpaired) electrons. The van der Waals surface area contributed by atoms with Gasteiger partial charge in [-0.1, -0.05) is 56.5 Å². The number of aliphatic hydroxyl groups is 1. The van der Waals surface area contributed by atoms with E-state index in [1.165, 1.54) is 19.3 Å². The molecule has 1 aliphatic carbocycles. The molecule has 1 aromatic rings. The third kappa shape index (κ3) is 5.42. The van der Waals surface area contributed by atoms with E-state index in [9.17, 15) is 5.11 Å². The zero-order chi connectivity index (χ0) is 15.1. The summed E-state index contributed by atoms with van der Waals surface area (Å²) in [4.78, 5) is 0. The van der Waals surface area contributed by atoms with E-state index in [4.69, 9.17) is 10.5 Å². The lowest BCUT2D eigenvalue weighted by Crippen LogP contribution is -2.41. The number of rotatable bonds is 7. The Morgan fingerprint density at radius 2 is 2.05 bits per heavy atom. The van der Waals surface area contributed by atoms with Crippen molar-refractivity contribution in [3.05, 3.63) is 35.9 Å². The van der Waals surface area contributed by atoms with E-state index in [-0.39, 0.29) is 6.04 Å². The lowest BCUT2D eigenvalue weighted by molar-refractivity contribution is -0.0395. The van der Waals surface area contributed by atoms with Crippen LogP contribution in [-0.4, -0.2) is 30.0 Å². The van der Waals surface area contributed by atoms with Gasteiger partial charge in [0.1, 0.15) is 0 Å². The molecule has 1 aromatic carbocycles. The summed E-state index contributed by atoms with van der Waals surface area (Å²) in [6.07, 6.45) is 6.47. The highest BCUT2D eigenvalue weighted by molar-refractivity contribution is 5.16. The Morgan fingerprint density at radius 3 is 2.76 bits per heavy atom. The van der Waals surface area contributed by atoms with Crippen molar-refractivity contribution < 1.29 is 9.84 Å². The number of benzene rings is 1. The van der Waals surface area contributed by atoms with E-state index < -0.39 is 6.10 Å². The Labute approximate surface area is 128 Å². The average Bonchev–Trinajstić information content (AvgIpc) is 2.53. The minimum Gasteiger partial charge on any atom is -0.389 e. The third-order valence-electron chi connectivity index (χ3n) is 4.62. The smallest absolute Gasteiger partial charge is 0.0927 e. The van der Waals surface area contributed by atoms with Crippen molar-refractivity contribution in [2.24, 2.45) is 11.7 Å². The molecule has 0 heterocycles. The Hall–Kier alpha value is -0.900. The maximum atomic E-state index is 10.2. The molecule has 0 bridgehead atoms. The zero-order valence-electron chi connectivity index (χ0n) is 13.1. The van der Waals surface area contributed by atoms with Gasteiger partial charge >= 0.3 is 0 Å². The second kappa shape index (κ2) is 8.52. The summed E-state index contributed by atoms with van der Waals surface area (Å²) in [6, 6.07) is 9.80. The van der Waals surface area contributed by atoms with Crippen molar-refractivity contribution in [2.45, 2.75) is 63.7 Å². The molecule has 0 amide bonds. The molecule has 4 atom stereocenters. The largest absolute Gasteiger partial charge is 0.389 e. The monoisotopic (exact) mass is 291 g/mol. The van der Waals surface area contributed by atoms with Gasteiger partial charge in [0, 0.05) is 6.04 Å². The third-order valence-corrected chi connectivity index (χ3v) is 4.62. The summed E-state index contributed by atoms with van der Waals surface area (Å²) in [6.45, 7) is 2.60. The van der Waals surface area contributed by atoms with Crippen LogP contribution in [0.3, 0.4) is 0 Å². The zero-order valence-corrected chi connectivity index (χ0v) is 13.1. The van der Waals surface area contributed by atoms with Crippen molar-refractivity contribution in [3.8, 4) is 0 Å². The molecule has 3 heteroatoms. The molecule has 1 fully saturated rings. The first-order valence-corrected chi connectivity index (χ1v) is 8.28. The Balaban J connectivity index is 1.72. The molecule has 0 aliphatic heterocycles. The molecule has 2 rings (SSSR count). The number of nitrogens with two attached hydrogens (primary N) is 1. The van der Waals surface area contributed by atoms with E-state index in [2.05, 4.69) is 6.92 Å². The van der Waals surface area contributed by atoms with Crippen LogP contribution in [0.15, 0.2) is 30.3 Å². The highest BCUT2D eigenvalue weighted by Gasteiger charge is 2.23. The van der Waals surface area contributed by atoms with Crippen LogP contribution < -0.4 is 5.73 Å². The second-order valence-electron chi connectivity index (χ2n) is 6.32. The van der Waals surface area contributed by atoms with Crippen molar-refractivity contribution in [1.82, 2.24) is 0 Å². The summed E-state index contributed by atoms with van der Waals surface area (Å²) in [5, 5.41) is 10.2. The first-order chi connectivity index (χ1) is 10.2. The first kappa shape index (κ1) is 16.5. The van der Waals surface area contributed by atoms with Crippen LogP contribution in [0.25, 0.3) is 0 Å². The van der Waals surface area contributed by atoms with Crippen LogP contribution >= 0.6 is 0 Å². The van der Waals surface area contributed by atoms with Gasteiger partial charge in [-0.25, -0.2) is 0 Å². The summed E-state index contributed by atoms with van der Waals surface area (Å²) in [5.41, 5.74) is 7.25. The normalized spacial score (nSPS) is 25.5. The summed E-state index contributed by atoms with van der Waals surface area (Å²) < 4.78 is 5.91. The van der Waals surface area contributed by atoms with E-state index in [0.717, 1.165) is 24.3 Å². The molecule has 0 saturated heterocycles. The quantitative estimate of drug-likeness (QED) is 0.812. The standard InChI is InChI=1S/C18H29NO2/c1-2-14-9-6-10-16(11-14)21-13-18(20)17(19)12-15-7-4-3-5-8-15/h3-5,7-8,14,16-18,20H,2,6,9-13,19H2,1H3. The molecular formula is C18H29NO2. The van der Waals surface area contributed by atoms with Gasteiger partial charge in [0.05, 0.1) is 18.8 Å². The molecule has 0 aromatic heterocycles. The van der Waals surface area contributed by atoms with Gasteiger partial charge in [0.2, 0.25) is 0 Å². The lowest BCUT2D eigenvalue weighted by atomic mass is 9.85. The Kier molecular flexibility index (Phi) is 6.68. The number of aliphatic hydroxyl groups excluding tert-OH is 1. The van der Waals surface area contributed by atoms with Crippen LogP contribution in [0.1, 0.15) is 44.6 Å². The molecular weight excluding hydrogens is 262 g/mol. The topological polar surface area (TPSA) is 55.5 Å². The van der Waals surface area contributed by atoms with Gasteiger partial charge in [0.15, 0.2) is 0 Å². The summed E-state index contributed by atoms with van der Waals surface area (Å²) in [5.74, 6) is 0.791. The fourth-order valence-corrected chi connectivity index (χ4v) is 3.14. The van der Waals surface area contributed by atoms with Crippen molar-refractivity contribution >= 4 is 0 Å². The molecule has 0 spiro atoms. The highest BCUT2D eigenvalue weighted by Crippen LogP contribution is 2.28. The van der Waals surface area contributed by atoms with E-state index in [1.54, 1.807) is 0 Å². The van der Waals surface area contributed by atoms with Crippen molar-refractivity contribution in [3.63, 3.8) is 0 Å². The number of hydrogen-bond acceptors (Lipinski definition) is 3. The van der Waals surface area contributed by atoms with Crippen LogP contribution in [0, 0.1) is 5.92 Å². The molecule has 3 nitrogen and oxygen atoms in total. The molecule has 21 heavy (non-hydrogen) atoms. The average molecular weight is 291 g/mol. The van der Waals surface area contributed by atoms with Crippen LogP contribution in [0.2, 0.25) is 0 Å². The van der Waals surface area contributed by atoms with Crippen LogP contribution in [0.5, 0.6) is 0 Å². The molecule has 4 unspecified atom stereocenters.